The van der Waals surface area contributed by atoms with Gasteiger partial charge < -0.3 is 13.9 Å². The molecular formula is C23H20O3. The summed E-state index contributed by atoms with van der Waals surface area (Å²) in [6, 6.07) is 22.4. The first-order valence-electron chi connectivity index (χ1n) is 8.51. The van der Waals surface area contributed by atoms with Crippen molar-refractivity contribution in [1.82, 2.24) is 0 Å². The molecule has 0 saturated heterocycles. The van der Waals surface area contributed by atoms with E-state index in [0.29, 0.717) is 0 Å². The fraction of sp³-hybridized carbons (Fsp3) is 0.130. The SMILES string of the molecule is COc1ccc(-c2oc3cc(OC)ccc3c2-c2ccc(C)cc2)cc1. The summed E-state index contributed by atoms with van der Waals surface area (Å²) in [4.78, 5) is 0. The zero-order chi connectivity index (χ0) is 18.1. The third-order valence-corrected chi connectivity index (χ3v) is 4.59. The molecule has 0 unspecified atom stereocenters. The molecule has 3 aromatic carbocycles. The van der Waals surface area contributed by atoms with Crippen LogP contribution in [0.25, 0.3) is 33.4 Å². The second-order valence-electron chi connectivity index (χ2n) is 6.26. The third-order valence-electron chi connectivity index (χ3n) is 4.59. The zero-order valence-electron chi connectivity index (χ0n) is 15.1. The van der Waals surface area contributed by atoms with Crippen molar-refractivity contribution in [3.63, 3.8) is 0 Å². The van der Waals surface area contributed by atoms with Gasteiger partial charge in [-0.2, -0.15) is 0 Å². The van der Waals surface area contributed by atoms with Crippen LogP contribution in [0.3, 0.4) is 0 Å². The Morgan fingerprint density at radius 3 is 1.96 bits per heavy atom. The van der Waals surface area contributed by atoms with E-state index in [0.717, 1.165) is 44.9 Å². The van der Waals surface area contributed by atoms with Crippen LogP contribution < -0.4 is 9.47 Å². The molecule has 0 radical (unpaired) electrons. The average Bonchev–Trinajstić information content (AvgIpc) is 3.07. The molecule has 0 saturated carbocycles. The number of hydrogen-bond donors (Lipinski definition) is 0. The van der Waals surface area contributed by atoms with Crippen molar-refractivity contribution < 1.29 is 13.9 Å². The fourth-order valence-electron chi connectivity index (χ4n) is 3.16. The first-order chi connectivity index (χ1) is 12.7. The molecule has 26 heavy (non-hydrogen) atoms. The van der Waals surface area contributed by atoms with Crippen LogP contribution in [-0.4, -0.2) is 14.2 Å². The lowest BCUT2D eigenvalue weighted by Crippen LogP contribution is -1.84. The lowest BCUT2D eigenvalue weighted by molar-refractivity contribution is 0.414. The molecule has 4 rings (SSSR count). The van der Waals surface area contributed by atoms with Crippen molar-refractivity contribution in [2.24, 2.45) is 0 Å². The maximum absolute atomic E-state index is 6.27. The van der Waals surface area contributed by atoms with Gasteiger partial charge in [-0.05, 0) is 48.9 Å². The second kappa shape index (κ2) is 6.60. The van der Waals surface area contributed by atoms with E-state index >= 15 is 0 Å². The largest absolute Gasteiger partial charge is 0.497 e. The molecule has 0 aliphatic rings. The molecule has 0 bridgehead atoms. The maximum atomic E-state index is 6.27. The normalized spacial score (nSPS) is 10.9. The van der Waals surface area contributed by atoms with Crippen LogP contribution in [0.1, 0.15) is 5.56 Å². The molecular weight excluding hydrogens is 324 g/mol. The van der Waals surface area contributed by atoms with Crippen LogP contribution in [-0.2, 0) is 0 Å². The summed E-state index contributed by atoms with van der Waals surface area (Å²) in [5.41, 5.74) is 5.27. The molecule has 1 heterocycles. The minimum Gasteiger partial charge on any atom is -0.497 e. The molecule has 3 heteroatoms. The van der Waals surface area contributed by atoms with Gasteiger partial charge in [-0.25, -0.2) is 0 Å². The van der Waals surface area contributed by atoms with Crippen LogP contribution in [0.4, 0.5) is 0 Å². The summed E-state index contributed by atoms with van der Waals surface area (Å²) in [6.45, 7) is 2.09. The number of aryl methyl sites for hydroxylation is 1. The Balaban J connectivity index is 1.97. The van der Waals surface area contributed by atoms with Gasteiger partial charge in [0.05, 0.1) is 14.2 Å². The summed E-state index contributed by atoms with van der Waals surface area (Å²) < 4.78 is 16.9. The molecule has 0 atom stereocenters. The molecule has 0 amide bonds. The van der Waals surface area contributed by atoms with Crippen molar-refractivity contribution in [3.05, 3.63) is 72.3 Å². The molecule has 0 aliphatic carbocycles. The number of methoxy groups -OCH3 is 2. The maximum Gasteiger partial charge on any atom is 0.143 e. The number of benzene rings is 3. The van der Waals surface area contributed by atoms with Crippen LogP contribution in [0.5, 0.6) is 11.5 Å². The molecule has 3 nitrogen and oxygen atoms in total. The van der Waals surface area contributed by atoms with Gasteiger partial charge in [-0.15, -0.1) is 0 Å². The zero-order valence-corrected chi connectivity index (χ0v) is 15.1. The Bertz CT molecular complexity index is 1040. The van der Waals surface area contributed by atoms with Gasteiger partial charge in [-0.3, -0.25) is 0 Å². The number of fused-ring (bicyclic) bond motifs is 1. The Morgan fingerprint density at radius 1 is 0.692 bits per heavy atom. The molecule has 0 aliphatic heterocycles. The van der Waals surface area contributed by atoms with Crippen molar-refractivity contribution >= 4 is 11.0 Å². The highest BCUT2D eigenvalue weighted by molar-refractivity contribution is 6.02. The summed E-state index contributed by atoms with van der Waals surface area (Å²) in [6.07, 6.45) is 0. The smallest absolute Gasteiger partial charge is 0.143 e. The van der Waals surface area contributed by atoms with Gasteiger partial charge in [0.1, 0.15) is 22.8 Å². The summed E-state index contributed by atoms with van der Waals surface area (Å²) in [7, 11) is 3.33. The highest BCUT2D eigenvalue weighted by atomic mass is 16.5. The van der Waals surface area contributed by atoms with Crippen LogP contribution >= 0.6 is 0 Å². The van der Waals surface area contributed by atoms with Gasteiger partial charge in [0, 0.05) is 22.6 Å². The van der Waals surface area contributed by atoms with E-state index in [9.17, 15) is 0 Å². The van der Waals surface area contributed by atoms with E-state index in [1.807, 2.05) is 36.4 Å². The minimum atomic E-state index is 0.781. The van der Waals surface area contributed by atoms with Crippen molar-refractivity contribution in [3.8, 4) is 33.9 Å². The molecule has 0 N–H and O–H groups in total. The first-order valence-corrected chi connectivity index (χ1v) is 8.51. The second-order valence-corrected chi connectivity index (χ2v) is 6.26. The van der Waals surface area contributed by atoms with Crippen LogP contribution in [0.15, 0.2) is 71.1 Å². The van der Waals surface area contributed by atoms with Crippen LogP contribution in [0.2, 0.25) is 0 Å². The van der Waals surface area contributed by atoms with E-state index in [1.54, 1.807) is 14.2 Å². The van der Waals surface area contributed by atoms with Crippen LogP contribution in [0, 0.1) is 6.92 Å². The Morgan fingerprint density at radius 2 is 1.31 bits per heavy atom. The van der Waals surface area contributed by atoms with E-state index < -0.39 is 0 Å². The van der Waals surface area contributed by atoms with E-state index in [-0.39, 0.29) is 0 Å². The highest BCUT2D eigenvalue weighted by Gasteiger charge is 2.18. The van der Waals surface area contributed by atoms with Gasteiger partial charge in [0.15, 0.2) is 0 Å². The number of ether oxygens (including phenoxy) is 2. The topological polar surface area (TPSA) is 31.6 Å². The summed E-state index contributed by atoms with van der Waals surface area (Å²) in [5, 5.41) is 1.07. The van der Waals surface area contributed by atoms with Crippen molar-refractivity contribution in [1.29, 1.82) is 0 Å². The van der Waals surface area contributed by atoms with E-state index in [2.05, 4.69) is 37.3 Å². The predicted octanol–water partition coefficient (Wildman–Crippen LogP) is 6.09. The number of furan rings is 1. The number of rotatable bonds is 4. The molecule has 4 aromatic rings. The highest BCUT2D eigenvalue weighted by Crippen LogP contribution is 2.42. The first kappa shape index (κ1) is 16.3. The minimum absolute atomic E-state index is 0.781. The fourth-order valence-corrected chi connectivity index (χ4v) is 3.16. The van der Waals surface area contributed by atoms with E-state index in [4.69, 9.17) is 13.9 Å². The molecule has 0 spiro atoms. The number of hydrogen-bond acceptors (Lipinski definition) is 3. The lowest BCUT2D eigenvalue weighted by atomic mass is 9.98. The monoisotopic (exact) mass is 344 g/mol. The molecule has 130 valence electrons. The van der Waals surface area contributed by atoms with Gasteiger partial charge in [0.2, 0.25) is 0 Å². The Kier molecular flexibility index (Phi) is 4.13. The summed E-state index contributed by atoms with van der Waals surface area (Å²) >= 11 is 0. The molecule has 0 fully saturated rings. The molecule has 1 aromatic heterocycles. The van der Waals surface area contributed by atoms with Gasteiger partial charge in [-0.1, -0.05) is 29.8 Å². The third kappa shape index (κ3) is 2.82. The van der Waals surface area contributed by atoms with E-state index in [1.165, 1.54) is 5.56 Å². The van der Waals surface area contributed by atoms with Crippen molar-refractivity contribution in [2.45, 2.75) is 6.92 Å². The predicted molar refractivity (Wildman–Crippen MR) is 105 cm³/mol. The van der Waals surface area contributed by atoms with Crippen molar-refractivity contribution in [2.75, 3.05) is 14.2 Å². The summed E-state index contributed by atoms with van der Waals surface area (Å²) in [5.74, 6) is 2.45. The quantitative estimate of drug-likeness (QED) is 0.449. The Labute approximate surface area is 152 Å². The standard InChI is InChI=1S/C23H20O3/c1-15-4-6-16(7-5-15)22-20-13-12-19(25-3)14-21(20)26-23(22)17-8-10-18(24-2)11-9-17/h4-14H,1-3H3. The van der Waals surface area contributed by atoms with Gasteiger partial charge >= 0.3 is 0 Å². The Hall–Kier alpha value is -3.20. The lowest BCUT2D eigenvalue weighted by Gasteiger charge is -2.06. The van der Waals surface area contributed by atoms with Gasteiger partial charge in [0.25, 0.3) is 0 Å². The average molecular weight is 344 g/mol.